The van der Waals surface area contributed by atoms with Gasteiger partial charge in [-0.25, -0.2) is 4.98 Å². The molecule has 0 radical (unpaired) electrons. The number of hydrogen-bond acceptors (Lipinski definition) is 3. The van der Waals surface area contributed by atoms with E-state index < -0.39 is 0 Å². The van der Waals surface area contributed by atoms with Crippen LogP contribution in [0.25, 0.3) is 11.1 Å². The van der Waals surface area contributed by atoms with Gasteiger partial charge in [0.25, 0.3) is 0 Å². The van der Waals surface area contributed by atoms with Crippen LogP contribution < -0.4 is 5.73 Å². The molecule has 0 aliphatic heterocycles. The van der Waals surface area contributed by atoms with Crippen LogP contribution in [0.5, 0.6) is 0 Å². The zero-order chi connectivity index (χ0) is 18.2. The van der Waals surface area contributed by atoms with Gasteiger partial charge in [0.2, 0.25) is 0 Å². The summed E-state index contributed by atoms with van der Waals surface area (Å²) in [5, 5.41) is 9.70. The van der Waals surface area contributed by atoms with E-state index in [2.05, 4.69) is 46.9 Å². The number of benzene rings is 1. The second-order valence-corrected chi connectivity index (χ2v) is 7.27. The SMILES string of the molecule is CCCCCc1nc(N)c(C#N)c(-c2cccc(Br)c2)c1CCCC. The molecule has 0 spiro atoms. The lowest BCUT2D eigenvalue weighted by molar-refractivity contribution is 0.696. The van der Waals surface area contributed by atoms with Gasteiger partial charge in [-0.3, -0.25) is 0 Å². The molecule has 0 aliphatic carbocycles. The summed E-state index contributed by atoms with van der Waals surface area (Å²) in [5.74, 6) is 0.351. The largest absolute Gasteiger partial charge is 0.383 e. The number of halogens is 1. The van der Waals surface area contributed by atoms with Crippen molar-refractivity contribution in [3.8, 4) is 17.2 Å². The highest BCUT2D eigenvalue weighted by Crippen LogP contribution is 2.35. The molecule has 0 bridgehead atoms. The van der Waals surface area contributed by atoms with Crippen LogP contribution in [0.2, 0.25) is 0 Å². The second-order valence-electron chi connectivity index (χ2n) is 6.36. The van der Waals surface area contributed by atoms with Gasteiger partial charge in [-0.15, -0.1) is 0 Å². The first-order valence-electron chi connectivity index (χ1n) is 9.09. The molecule has 2 rings (SSSR count). The first kappa shape index (κ1) is 19.5. The third-order valence-corrected chi connectivity index (χ3v) is 4.93. The zero-order valence-electron chi connectivity index (χ0n) is 15.1. The van der Waals surface area contributed by atoms with E-state index in [1.54, 1.807) is 0 Å². The topological polar surface area (TPSA) is 62.7 Å². The molecule has 0 fully saturated rings. The molecular weight excluding hydrogens is 374 g/mol. The van der Waals surface area contributed by atoms with Gasteiger partial charge in [0.1, 0.15) is 17.5 Å². The van der Waals surface area contributed by atoms with Gasteiger partial charge < -0.3 is 5.73 Å². The van der Waals surface area contributed by atoms with Crippen LogP contribution in [-0.4, -0.2) is 4.98 Å². The molecule has 25 heavy (non-hydrogen) atoms. The fourth-order valence-electron chi connectivity index (χ4n) is 3.14. The van der Waals surface area contributed by atoms with Crippen molar-refractivity contribution >= 4 is 21.7 Å². The lowest BCUT2D eigenvalue weighted by atomic mass is 9.90. The number of nitrogens with two attached hydrogens (primary N) is 1. The van der Waals surface area contributed by atoms with Gasteiger partial charge in [-0.2, -0.15) is 5.26 Å². The molecule has 4 heteroatoms. The summed E-state index contributed by atoms with van der Waals surface area (Å²) in [6, 6.07) is 10.4. The smallest absolute Gasteiger partial charge is 0.142 e. The number of rotatable bonds is 8. The normalized spacial score (nSPS) is 10.6. The quantitative estimate of drug-likeness (QED) is 0.550. The summed E-state index contributed by atoms with van der Waals surface area (Å²) in [4.78, 5) is 4.62. The maximum atomic E-state index is 9.70. The highest BCUT2D eigenvalue weighted by molar-refractivity contribution is 9.10. The first-order chi connectivity index (χ1) is 12.1. The highest BCUT2D eigenvalue weighted by Gasteiger charge is 2.19. The fraction of sp³-hybridized carbons (Fsp3) is 0.429. The minimum absolute atomic E-state index is 0.351. The molecule has 1 heterocycles. The molecule has 0 saturated heterocycles. The van der Waals surface area contributed by atoms with E-state index in [0.29, 0.717) is 11.4 Å². The van der Waals surface area contributed by atoms with Crippen molar-refractivity contribution in [2.75, 3.05) is 5.73 Å². The average molecular weight is 400 g/mol. The molecule has 1 aromatic carbocycles. The minimum Gasteiger partial charge on any atom is -0.383 e. The Bertz CT molecular complexity index is 762. The molecule has 0 saturated carbocycles. The third-order valence-electron chi connectivity index (χ3n) is 4.43. The molecule has 2 aromatic rings. The molecular formula is C21H26BrN3. The summed E-state index contributed by atoms with van der Waals surface area (Å²) in [6.45, 7) is 4.39. The van der Waals surface area contributed by atoms with Crippen molar-refractivity contribution < 1.29 is 0 Å². The summed E-state index contributed by atoms with van der Waals surface area (Å²) < 4.78 is 0.998. The number of pyridine rings is 1. The number of nitriles is 1. The molecule has 0 atom stereocenters. The number of aromatic nitrogens is 1. The Labute approximate surface area is 159 Å². The Kier molecular flexibility index (Phi) is 7.46. The molecule has 0 aliphatic rings. The van der Waals surface area contributed by atoms with Crippen molar-refractivity contribution in [3.63, 3.8) is 0 Å². The van der Waals surface area contributed by atoms with Gasteiger partial charge >= 0.3 is 0 Å². The van der Waals surface area contributed by atoms with Crippen molar-refractivity contribution in [2.24, 2.45) is 0 Å². The van der Waals surface area contributed by atoms with Crippen molar-refractivity contribution in [1.29, 1.82) is 5.26 Å². The Balaban J connectivity index is 2.64. The summed E-state index contributed by atoms with van der Waals surface area (Å²) in [5.41, 5.74) is 10.9. The maximum Gasteiger partial charge on any atom is 0.142 e. The van der Waals surface area contributed by atoms with E-state index in [4.69, 9.17) is 5.73 Å². The van der Waals surface area contributed by atoms with Gasteiger partial charge in [0.15, 0.2) is 0 Å². The van der Waals surface area contributed by atoms with Crippen LogP contribution in [0.4, 0.5) is 5.82 Å². The van der Waals surface area contributed by atoms with Crippen molar-refractivity contribution in [1.82, 2.24) is 4.98 Å². The molecule has 132 valence electrons. The predicted octanol–water partition coefficient (Wildman–Crippen LogP) is 6.04. The van der Waals surface area contributed by atoms with Crippen molar-refractivity contribution in [3.05, 3.63) is 45.6 Å². The number of hydrogen-bond donors (Lipinski definition) is 1. The molecule has 2 N–H and O–H groups in total. The van der Waals surface area contributed by atoms with E-state index in [1.807, 2.05) is 18.2 Å². The molecule has 0 unspecified atom stereocenters. The van der Waals surface area contributed by atoms with Crippen LogP contribution in [-0.2, 0) is 12.8 Å². The van der Waals surface area contributed by atoms with Crippen LogP contribution in [0.15, 0.2) is 28.7 Å². The van der Waals surface area contributed by atoms with E-state index in [-0.39, 0.29) is 0 Å². The number of nitrogen functional groups attached to an aromatic ring is 1. The number of anilines is 1. The Morgan fingerprint density at radius 2 is 1.88 bits per heavy atom. The standard InChI is InChI=1S/C21H26BrN3/c1-3-5-7-12-19-17(11-6-4-2)20(18(14-23)21(24)25-19)15-9-8-10-16(22)13-15/h8-10,13H,3-7,11-12H2,1-2H3,(H2,24,25). The number of unbranched alkanes of at least 4 members (excludes halogenated alkanes) is 3. The Hall–Kier alpha value is -1.86. The van der Waals surface area contributed by atoms with E-state index in [0.717, 1.165) is 53.4 Å². The monoisotopic (exact) mass is 399 g/mol. The molecule has 1 aromatic heterocycles. The highest BCUT2D eigenvalue weighted by atomic mass is 79.9. The Morgan fingerprint density at radius 1 is 1.12 bits per heavy atom. The number of aryl methyl sites for hydroxylation is 1. The third kappa shape index (κ3) is 4.83. The lowest BCUT2D eigenvalue weighted by Crippen LogP contribution is -2.08. The average Bonchev–Trinajstić information content (AvgIpc) is 2.60. The molecule has 0 amide bonds. The van der Waals surface area contributed by atoms with Crippen LogP contribution >= 0.6 is 15.9 Å². The zero-order valence-corrected chi connectivity index (χ0v) is 16.7. The van der Waals surface area contributed by atoms with E-state index >= 15 is 0 Å². The first-order valence-corrected chi connectivity index (χ1v) is 9.88. The summed E-state index contributed by atoms with van der Waals surface area (Å²) in [7, 11) is 0. The fourth-order valence-corrected chi connectivity index (χ4v) is 3.54. The predicted molar refractivity (Wildman–Crippen MR) is 108 cm³/mol. The van der Waals surface area contributed by atoms with Gasteiger partial charge in [0, 0.05) is 15.7 Å². The van der Waals surface area contributed by atoms with Crippen LogP contribution in [0.1, 0.15) is 62.8 Å². The van der Waals surface area contributed by atoms with E-state index in [1.165, 1.54) is 18.4 Å². The number of nitrogens with zero attached hydrogens (tertiary/aromatic N) is 2. The van der Waals surface area contributed by atoms with Gasteiger partial charge in [-0.1, -0.05) is 61.2 Å². The summed E-state index contributed by atoms with van der Waals surface area (Å²) >= 11 is 3.54. The summed E-state index contributed by atoms with van der Waals surface area (Å²) in [6.07, 6.45) is 7.50. The maximum absolute atomic E-state index is 9.70. The van der Waals surface area contributed by atoms with Gasteiger partial charge in [-0.05, 0) is 48.9 Å². The minimum atomic E-state index is 0.351. The van der Waals surface area contributed by atoms with E-state index in [9.17, 15) is 5.26 Å². The Morgan fingerprint density at radius 3 is 2.52 bits per heavy atom. The van der Waals surface area contributed by atoms with Crippen molar-refractivity contribution in [2.45, 2.75) is 58.8 Å². The van der Waals surface area contributed by atoms with Gasteiger partial charge in [0.05, 0.1) is 0 Å². The lowest BCUT2D eigenvalue weighted by Gasteiger charge is -2.18. The molecule has 3 nitrogen and oxygen atoms in total. The van der Waals surface area contributed by atoms with Crippen LogP contribution in [0, 0.1) is 11.3 Å². The second kappa shape index (κ2) is 9.58. The van der Waals surface area contributed by atoms with Crippen LogP contribution in [0.3, 0.4) is 0 Å².